The maximum Gasteiger partial charge on any atom is 0.305 e. The molecule has 3 heteroatoms. The molecule has 0 atom stereocenters. The number of carbonyl (C=O) groups excluding carboxylic acids is 1. The number of methoxy groups -OCH3 is 1. The molecule has 0 rings (SSSR count). The topological polar surface area (TPSA) is 26.3 Å². The van der Waals surface area contributed by atoms with Crippen LogP contribution in [0.2, 0.25) is 0 Å². The van der Waals surface area contributed by atoms with Crippen molar-refractivity contribution in [3.8, 4) is 0 Å². The SMILES string of the molecule is COC(=O)CCCCCCCCBr. The second-order valence-electron chi connectivity index (χ2n) is 3.14. The molecule has 0 N–H and O–H groups in total. The van der Waals surface area contributed by atoms with Crippen LogP contribution in [-0.4, -0.2) is 18.4 Å². The van der Waals surface area contributed by atoms with Crippen molar-refractivity contribution in [3.63, 3.8) is 0 Å². The molecule has 2 nitrogen and oxygen atoms in total. The van der Waals surface area contributed by atoms with Gasteiger partial charge in [-0.25, -0.2) is 0 Å². The van der Waals surface area contributed by atoms with Crippen molar-refractivity contribution in [2.24, 2.45) is 0 Å². The molecular formula is C10H19BrO2. The molecule has 0 saturated heterocycles. The first-order valence-electron chi connectivity index (χ1n) is 4.94. The molecule has 0 heterocycles. The third kappa shape index (κ3) is 9.87. The highest BCUT2D eigenvalue weighted by Gasteiger charge is 1.98. The molecule has 0 aliphatic carbocycles. The Morgan fingerprint density at radius 3 is 2.15 bits per heavy atom. The zero-order valence-corrected chi connectivity index (χ0v) is 9.94. The fraction of sp³-hybridized carbons (Fsp3) is 0.900. The molecule has 0 bridgehead atoms. The molecule has 0 spiro atoms. The zero-order chi connectivity index (χ0) is 9.94. The molecule has 0 aliphatic rings. The molecule has 0 aromatic carbocycles. The van der Waals surface area contributed by atoms with Crippen molar-refractivity contribution in [1.82, 2.24) is 0 Å². The number of ether oxygens (including phenoxy) is 1. The third-order valence-corrected chi connectivity index (χ3v) is 2.55. The van der Waals surface area contributed by atoms with E-state index in [0.29, 0.717) is 6.42 Å². The molecule has 13 heavy (non-hydrogen) atoms. The van der Waals surface area contributed by atoms with Gasteiger partial charge in [-0.05, 0) is 12.8 Å². The minimum absolute atomic E-state index is 0.0829. The van der Waals surface area contributed by atoms with Crippen LogP contribution in [0.5, 0.6) is 0 Å². The van der Waals surface area contributed by atoms with Gasteiger partial charge in [-0.15, -0.1) is 0 Å². The lowest BCUT2D eigenvalue weighted by Gasteiger charge is -2.00. The maximum absolute atomic E-state index is 10.7. The second-order valence-corrected chi connectivity index (χ2v) is 3.93. The van der Waals surface area contributed by atoms with Gasteiger partial charge in [0, 0.05) is 11.8 Å². The predicted octanol–water partition coefficient (Wildman–Crippen LogP) is 3.29. The summed E-state index contributed by atoms with van der Waals surface area (Å²) in [4.78, 5) is 10.7. The minimum Gasteiger partial charge on any atom is -0.469 e. The molecule has 78 valence electrons. The summed E-state index contributed by atoms with van der Waals surface area (Å²) < 4.78 is 4.55. The van der Waals surface area contributed by atoms with Crippen molar-refractivity contribution in [3.05, 3.63) is 0 Å². The van der Waals surface area contributed by atoms with Crippen molar-refractivity contribution in [2.75, 3.05) is 12.4 Å². The third-order valence-electron chi connectivity index (χ3n) is 1.99. The van der Waals surface area contributed by atoms with Crippen molar-refractivity contribution < 1.29 is 9.53 Å². The first kappa shape index (κ1) is 12.9. The standard InChI is InChI=1S/C10H19BrO2/c1-13-10(12)8-6-4-2-3-5-7-9-11/h2-9H2,1H3. The van der Waals surface area contributed by atoms with Crippen LogP contribution in [0.4, 0.5) is 0 Å². The van der Waals surface area contributed by atoms with E-state index in [9.17, 15) is 4.79 Å². The summed E-state index contributed by atoms with van der Waals surface area (Å²) in [6, 6.07) is 0. The van der Waals surface area contributed by atoms with Crippen LogP contribution in [0.1, 0.15) is 44.9 Å². The van der Waals surface area contributed by atoms with Crippen LogP contribution >= 0.6 is 15.9 Å². The highest BCUT2D eigenvalue weighted by molar-refractivity contribution is 9.09. The van der Waals surface area contributed by atoms with E-state index in [0.717, 1.165) is 18.2 Å². The second kappa shape index (κ2) is 10.0. The van der Waals surface area contributed by atoms with Crippen LogP contribution in [0.3, 0.4) is 0 Å². The number of esters is 1. The van der Waals surface area contributed by atoms with Crippen LogP contribution in [-0.2, 0) is 9.53 Å². The van der Waals surface area contributed by atoms with Crippen LogP contribution in [0.25, 0.3) is 0 Å². The molecule has 0 unspecified atom stereocenters. The molecule has 0 radical (unpaired) electrons. The van der Waals surface area contributed by atoms with E-state index in [1.807, 2.05) is 0 Å². The molecule has 0 fully saturated rings. The summed E-state index contributed by atoms with van der Waals surface area (Å²) in [6.45, 7) is 0. The Balaban J connectivity index is 2.95. The number of hydrogen-bond acceptors (Lipinski definition) is 2. The van der Waals surface area contributed by atoms with Gasteiger partial charge in [0.25, 0.3) is 0 Å². The highest BCUT2D eigenvalue weighted by atomic mass is 79.9. The van der Waals surface area contributed by atoms with Gasteiger partial charge in [0.2, 0.25) is 0 Å². The van der Waals surface area contributed by atoms with Gasteiger partial charge in [0.15, 0.2) is 0 Å². The van der Waals surface area contributed by atoms with Gasteiger partial charge in [0.05, 0.1) is 7.11 Å². The number of carbonyl (C=O) groups is 1. The summed E-state index contributed by atoms with van der Waals surface area (Å²) in [7, 11) is 1.44. The smallest absolute Gasteiger partial charge is 0.305 e. The van der Waals surface area contributed by atoms with E-state index in [-0.39, 0.29) is 5.97 Å². The van der Waals surface area contributed by atoms with Crippen LogP contribution in [0, 0.1) is 0 Å². The zero-order valence-electron chi connectivity index (χ0n) is 8.35. The van der Waals surface area contributed by atoms with Crippen molar-refractivity contribution >= 4 is 21.9 Å². The molecule has 0 saturated carbocycles. The number of alkyl halides is 1. The van der Waals surface area contributed by atoms with E-state index in [1.165, 1.54) is 32.8 Å². The van der Waals surface area contributed by atoms with E-state index < -0.39 is 0 Å². The average molecular weight is 251 g/mol. The van der Waals surface area contributed by atoms with E-state index in [4.69, 9.17) is 0 Å². The van der Waals surface area contributed by atoms with E-state index in [2.05, 4.69) is 20.7 Å². The Labute approximate surface area is 89.2 Å². The minimum atomic E-state index is -0.0829. The van der Waals surface area contributed by atoms with E-state index in [1.54, 1.807) is 0 Å². The first-order chi connectivity index (χ1) is 6.31. The Morgan fingerprint density at radius 2 is 1.62 bits per heavy atom. The Morgan fingerprint density at radius 1 is 1.08 bits per heavy atom. The van der Waals surface area contributed by atoms with Gasteiger partial charge < -0.3 is 4.74 Å². The van der Waals surface area contributed by atoms with Crippen LogP contribution < -0.4 is 0 Å². The van der Waals surface area contributed by atoms with Gasteiger partial charge in [-0.2, -0.15) is 0 Å². The lowest BCUT2D eigenvalue weighted by Crippen LogP contribution is -1.99. The van der Waals surface area contributed by atoms with E-state index >= 15 is 0 Å². The van der Waals surface area contributed by atoms with Gasteiger partial charge in [-0.1, -0.05) is 41.6 Å². The first-order valence-corrected chi connectivity index (χ1v) is 6.06. The average Bonchev–Trinajstić information content (AvgIpc) is 2.16. The number of halogens is 1. The Bertz CT molecular complexity index is 126. The fourth-order valence-corrected chi connectivity index (χ4v) is 1.57. The number of unbranched alkanes of at least 4 members (excludes halogenated alkanes) is 5. The van der Waals surface area contributed by atoms with Crippen molar-refractivity contribution in [2.45, 2.75) is 44.9 Å². The Hall–Kier alpha value is -0.0500. The van der Waals surface area contributed by atoms with Gasteiger partial charge in [0.1, 0.15) is 0 Å². The molecule has 0 aromatic heterocycles. The Kier molecular flexibility index (Phi) is 10.00. The highest BCUT2D eigenvalue weighted by Crippen LogP contribution is 2.08. The monoisotopic (exact) mass is 250 g/mol. The molecule has 0 aromatic rings. The number of rotatable bonds is 8. The lowest BCUT2D eigenvalue weighted by atomic mass is 10.1. The molecule has 0 aliphatic heterocycles. The molecular weight excluding hydrogens is 232 g/mol. The lowest BCUT2D eigenvalue weighted by molar-refractivity contribution is -0.140. The summed E-state index contributed by atoms with van der Waals surface area (Å²) in [5, 5.41) is 1.11. The predicted molar refractivity (Wildman–Crippen MR) is 58.1 cm³/mol. The summed E-state index contributed by atoms with van der Waals surface area (Å²) in [5.41, 5.74) is 0. The van der Waals surface area contributed by atoms with Crippen LogP contribution in [0.15, 0.2) is 0 Å². The quantitative estimate of drug-likeness (QED) is 0.376. The largest absolute Gasteiger partial charge is 0.469 e. The number of hydrogen-bond donors (Lipinski definition) is 0. The normalized spacial score (nSPS) is 10.0. The van der Waals surface area contributed by atoms with Crippen molar-refractivity contribution in [1.29, 1.82) is 0 Å². The van der Waals surface area contributed by atoms with Gasteiger partial charge >= 0.3 is 5.97 Å². The summed E-state index contributed by atoms with van der Waals surface area (Å²) in [5.74, 6) is -0.0829. The maximum atomic E-state index is 10.7. The summed E-state index contributed by atoms with van der Waals surface area (Å²) in [6.07, 6.45) is 7.78. The summed E-state index contributed by atoms with van der Waals surface area (Å²) >= 11 is 3.40. The fourth-order valence-electron chi connectivity index (χ4n) is 1.17. The van der Waals surface area contributed by atoms with Gasteiger partial charge in [-0.3, -0.25) is 4.79 Å². The molecule has 0 amide bonds.